The third-order valence-electron chi connectivity index (χ3n) is 3.69. The van der Waals surface area contributed by atoms with Gasteiger partial charge in [-0.25, -0.2) is 4.39 Å². The molecular weight excluding hydrogens is 301 g/mol. The summed E-state index contributed by atoms with van der Waals surface area (Å²) in [6.45, 7) is 0.348. The van der Waals surface area contributed by atoms with Crippen molar-refractivity contribution in [3.05, 3.63) is 63.5 Å². The van der Waals surface area contributed by atoms with Crippen molar-refractivity contribution >= 4 is 11.4 Å². The van der Waals surface area contributed by atoms with E-state index in [4.69, 9.17) is 4.74 Å². The molecular formula is C16H12FN3O3. The van der Waals surface area contributed by atoms with E-state index in [1.54, 1.807) is 12.1 Å². The molecule has 0 aliphatic carbocycles. The zero-order valence-corrected chi connectivity index (χ0v) is 12.0. The number of fused-ring (bicyclic) bond motifs is 1. The summed E-state index contributed by atoms with van der Waals surface area (Å²) in [7, 11) is 0. The first-order valence-electron chi connectivity index (χ1n) is 6.96. The minimum atomic E-state index is -0.552. The predicted octanol–water partition coefficient (Wildman–Crippen LogP) is 3.54. The van der Waals surface area contributed by atoms with Crippen LogP contribution < -0.4 is 10.1 Å². The number of hydrogen-bond donors (Lipinski definition) is 1. The van der Waals surface area contributed by atoms with Crippen molar-refractivity contribution in [2.75, 3.05) is 11.9 Å². The molecule has 0 bridgehead atoms. The molecule has 1 aliphatic heterocycles. The minimum absolute atomic E-state index is 0.148. The highest BCUT2D eigenvalue weighted by Crippen LogP contribution is 2.37. The van der Waals surface area contributed by atoms with Crippen LogP contribution in [0.25, 0.3) is 0 Å². The van der Waals surface area contributed by atoms with E-state index in [2.05, 4.69) is 5.32 Å². The topological polar surface area (TPSA) is 88.2 Å². The Morgan fingerprint density at radius 1 is 1.39 bits per heavy atom. The molecule has 2 aromatic carbocycles. The van der Waals surface area contributed by atoms with Gasteiger partial charge in [0.25, 0.3) is 5.69 Å². The Balaban J connectivity index is 1.94. The second-order valence-corrected chi connectivity index (χ2v) is 5.09. The number of ether oxygens (including phenoxy) is 1. The quantitative estimate of drug-likeness (QED) is 0.691. The van der Waals surface area contributed by atoms with Gasteiger partial charge in [-0.3, -0.25) is 10.1 Å². The molecule has 0 unspecified atom stereocenters. The smallest absolute Gasteiger partial charge is 0.270 e. The molecule has 0 aromatic heterocycles. The fourth-order valence-corrected chi connectivity index (χ4v) is 2.59. The zero-order chi connectivity index (χ0) is 16.4. The van der Waals surface area contributed by atoms with Crippen LogP contribution in [0.2, 0.25) is 0 Å². The van der Waals surface area contributed by atoms with E-state index in [1.807, 2.05) is 6.07 Å². The van der Waals surface area contributed by atoms with Crippen molar-refractivity contribution in [3.63, 3.8) is 0 Å². The van der Waals surface area contributed by atoms with E-state index >= 15 is 0 Å². The number of nitro benzene ring substituents is 1. The number of nitrogens with zero attached hydrogens (tertiary/aromatic N) is 2. The fourth-order valence-electron chi connectivity index (χ4n) is 2.59. The molecule has 1 N–H and O–H groups in total. The molecule has 23 heavy (non-hydrogen) atoms. The van der Waals surface area contributed by atoms with Crippen molar-refractivity contribution < 1.29 is 14.1 Å². The first kappa shape index (κ1) is 14.8. The Labute approximate surface area is 131 Å². The van der Waals surface area contributed by atoms with Crippen molar-refractivity contribution in [3.8, 4) is 11.8 Å². The molecule has 116 valence electrons. The first-order chi connectivity index (χ1) is 11.1. The van der Waals surface area contributed by atoms with Gasteiger partial charge < -0.3 is 10.1 Å². The molecule has 0 radical (unpaired) electrons. The number of nitro groups is 1. The van der Waals surface area contributed by atoms with Crippen molar-refractivity contribution in [2.24, 2.45) is 0 Å². The van der Waals surface area contributed by atoms with Gasteiger partial charge in [0.15, 0.2) is 11.6 Å². The van der Waals surface area contributed by atoms with Crippen molar-refractivity contribution in [2.45, 2.75) is 12.5 Å². The summed E-state index contributed by atoms with van der Waals surface area (Å²) in [5.41, 5.74) is 1.16. The highest BCUT2D eigenvalue weighted by molar-refractivity contribution is 5.62. The maximum atomic E-state index is 13.8. The number of halogens is 1. The standard InChI is InChI=1S/C16H12FN3O3/c17-13-3-1-2-12-15(6-7-23-16(12)13)19-14-5-4-11(20(21)22)8-10(14)9-18/h1-5,8,15,19H,6-7H2/t15-/m0/s1. The Hall–Kier alpha value is -3.14. The number of non-ortho nitro benzene ring substituents is 1. The van der Waals surface area contributed by atoms with Gasteiger partial charge in [-0.2, -0.15) is 5.26 Å². The van der Waals surface area contributed by atoms with Gasteiger partial charge in [0.05, 0.1) is 28.8 Å². The van der Waals surface area contributed by atoms with Gasteiger partial charge in [-0.1, -0.05) is 12.1 Å². The predicted molar refractivity (Wildman–Crippen MR) is 80.7 cm³/mol. The second kappa shape index (κ2) is 5.93. The van der Waals surface area contributed by atoms with Gasteiger partial charge in [-0.05, 0) is 12.1 Å². The summed E-state index contributed by atoms with van der Waals surface area (Å²) in [5, 5.41) is 23.1. The normalized spacial score (nSPS) is 15.9. The van der Waals surface area contributed by atoms with Gasteiger partial charge in [0.2, 0.25) is 0 Å². The lowest BCUT2D eigenvalue weighted by Crippen LogP contribution is -2.21. The molecule has 7 heteroatoms. The van der Waals surface area contributed by atoms with Crippen molar-refractivity contribution in [1.82, 2.24) is 0 Å². The third-order valence-corrected chi connectivity index (χ3v) is 3.69. The van der Waals surface area contributed by atoms with Crippen LogP contribution in [0.4, 0.5) is 15.8 Å². The van der Waals surface area contributed by atoms with Crippen LogP contribution in [0.5, 0.6) is 5.75 Å². The molecule has 3 rings (SSSR count). The maximum Gasteiger partial charge on any atom is 0.270 e. The number of nitrogens with one attached hydrogen (secondary N) is 1. The Kier molecular flexibility index (Phi) is 3.81. The number of rotatable bonds is 3. The van der Waals surface area contributed by atoms with Gasteiger partial charge in [0.1, 0.15) is 6.07 Å². The first-order valence-corrected chi connectivity index (χ1v) is 6.96. The molecule has 0 saturated carbocycles. The second-order valence-electron chi connectivity index (χ2n) is 5.09. The molecule has 2 aromatic rings. The molecule has 1 aliphatic rings. The lowest BCUT2D eigenvalue weighted by atomic mass is 9.99. The molecule has 6 nitrogen and oxygen atoms in total. The van der Waals surface area contributed by atoms with E-state index in [1.165, 1.54) is 24.3 Å². The monoisotopic (exact) mass is 313 g/mol. The largest absolute Gasteiger partial charge is 0.490 e. The van der Waals surface area contributed by atoms with Crippen LogP contribution in [0.15, 0.2) is 36.4 Å². The van der Waals surface area contributed by atoms with Crippen LogP contribution in [-0.4, -0.2) is 11.5 Å². The minimum Gasteiger partial charge on any atom is -0.490 e. The summed E-state index contributed by atoms with van der Waals surface area (Å²) in [6.07, 6.45) is 0.596. The Morgan fingerprint density at radius 3 is 2.96 bits per heavy atom. The average molecular weight is 313 g/mol. The highest BCUT2D eigenvalue weighted by Gasteiger charge is 2.24. The Bertz CT molecular complexity index is 817. The molecule has 0 amide bonds. The molecule has 0 fully saturated rings. The van der Waals surface area contributed by atoms with Crippen LogP contribution in [0.3, 0.4) is 0 Å². The van der Waals surface area contributed by atoms with E-state index in [0.717, 1.165) is 0 Å². The summed E-state index contributed by atoms with van der Waals surface area (Å²) < 4.78 is 19.2. The number of hydrogen-bond acceptors (Lipinski definition) is 5. The molecule has 0 spiro atoms. The van der Waals surface area contributed by atoms with E-state index in [9.17, 15) is 19.8 Å². The summed E-state index contributed by atoms with van der Waals surface area (Å²) >= 11 is 0. The van der Waals surface area contributed by atoms with Gasteiger partial charge in [-0.15, -0.1) is 0 Å². The summed E-state index contributed by atoms with van der Waals surface area (Å²) in [4.78, 5) is 10.2. The Morgan fingerprint density at radius 2 is 2.22 bits per heavy atom. The van der Waals surface area contributed by atoms with E-state index in [0.29, 0.717) is 24.3 Å². The fraction of sp³-hybridized carbons (Fsp3) is 0.188. The van der Waals surface area contributed by atoms with Crippen LogP contribution >= 0.6 is 0 Å². The number of para-hydroxylation sites is 1. The zero-order valence-electron chi connectivity index (χ0n) is 12.0. The van der Waals surface area contributed by atoms with Gasteiger partial charge in [0, 0.05) is 24.1 Å². The van der Waals surface area contributed by atoms with Crippen LogP contribution in [0.1, 0.15) is 23.6 Å². The van der Waals surface area contributed by atoms with Crippen LogP contribution in [0, 0.1) is 27.3 Å². The molecule has 1 atom stereocenters. The maximum absolute atomic E-state index is 13.8. The molecule has 1 heterocycles. The lowest BCUT2D eigenvalue weighted by molar-refractivity contribution is -0.384. The third kappa shape index (κ3) is 2.79. The summed E-state index contributed by atoms with van der Waals surface area (Å²) in [6, 6.07) is 10.4. The number of benzene rings is 2. The molecule has 0 saturated heterocycles. The van der Waals surface area contributed by atoms with Crippen LogP contribution in [-0.2, 0) is 0 Å². The highest BCUT2D eigenvalue weighted by atomic mass is 19.1. The number of nitriles is 1. The van der Waals surface area contributed by atoms with Gasteiger partial charge >= 0.3 is 0 Å². The van der Waals surface area contributed by atoms with E-state index < -0.39 is 10.7 Å². The SMILES string of the molecule is N#Cc1cc([N+](=O)[O-])ccc1N[C@H]1CCOc2c(F)cccc21. The summed E-state index contributed by atoms with van der Waals surface area (Å²) in [5.74, 6) is -0.227. The number of anilines is 1. The van der Waals surface area contributed by atoms with Crippen molar-refractivity contribution in [1.29, 1.82) is 5.26 Å². The average Bonchev–Trinajstić information content (AvgIpc) is 2.56. The van der Waals surface area contributed by atoms with E-state index in [-0.39, 0.29) is 23.0 Å². The lowest BCUT2D eigenvalue weighted by Gasteiger charge is -2.28.